The van der Waals surface area contributed by atoms with Gasteiger partial charge < -0.3 is 33.5 Å². The number of aliphatic carboxylic acids is 1. The molecule has 34 heavy (non-hydrogen) atoms. The first-order chi connectivity index (χ1) is 16.6. The van der Waals surface area contributed by atoms with Gasteiger partial charge in [0.25, 0.3) is 0 Å². The largest absolute Gasteiger partial charge is 0.481 e. The molecule has 8 fully saturated rings. The molecular weight excluding hydrogens is 440 g/mol. The standard InChI is InChI=1S/C14H20O4.C12H18O4/c15-13(16)14(4-3-10-12(7-14)18-10)6-8-1-2-9-11(5-8)17-9;1-3-9-11(15-9)7(1)13-5-6-14-8-2-4-10-12(8)16-10/h8-12H,1-7H2,(H,15,16);7-12H,1-6H2. The molecule has 0 aromatic carbocycles. The van der Waals surface area contributed by atoms with Crippen molar-refractivity contribution in [3.8, 4) is 0 Å². The maximum absolute atomic E-state index is 11.7. The Hall–Kier alpha value is -0.770. The van der Waals surface area contributed by atoms with Gasteiger partial charge in [0.05, 0.1) is 67.5 Å². The summed E-state index contributed by atoms with van der Waals surface area (Å²) in [6.45, 7) is 1.40. The van der Waals surface area contributed by atoms with Crippen molar-refractivity contribution in [2.75, 3.05) is 13.2 Å². The van der Waals surface area contributed by atoms with Crippen molar-refractivity contribution < 1.29 is 38.3 Å². The molecular formula is C26H38O8. The number of fused-ring (bicyclic) bond motifs is 4. The summed E-state index contributed by atoms with van der Waals surface area (Å²) in [6, 6.07) is 0. The maximum atomic E-state index is 11.7. The van der Waals surface area contributed by atoms with Crippen LogP contribution in [0.2, 0.25) is 0 Å². The van der Waals surface area contributed by atoms with Crippen LogP contribution in [-0.2, 0) is 33.2 Å². The van der Waals surface area contributed by atoms with Crippen LogP contribution in [-0.4, -0.2) is 85.3 Å². The van der Waals surface area contributed by atoms with Gasteiger partial charge in [0.1, 0.15) is 12.2 Å². The van der Waals surface area contributed by atoms with Crippen LogP contribution in [0.15, 0.2) is 0 Å². The average Bonchev–Trinajstić information content (AvgIpc) is 3.70. The zero-order valence-electron chi connectivity index (χ0n) is 19.8. The molecule has 0 aromatic heterocycles. The molecule has 4 saturated carbocycles. The van der Waals surface area contributed by atoms with E-state index in [-0.39, 0.29) is 6.10 Å². The van der Waals surface area contributed by atoms with Crippen LogP contribution in [0, 0.1) is 11.3 Å². The summed E-state index contributed by atoms with van der Waals surface area (Å²) >= 11 is 0. The van der Waals surface area contributed by atoms with Gasteiger partial charge >= 0.3 is 5.97 Å². The zero-order chi connectivity index (χ0) is 22.9. The van der Waals surface area contributed by atoms with Crippen molar-refractivity contribution >= 4 is 5.97 Å². The van der Waals surface area contributed by atoms with Crippen LogP contribution in [0.4, 0.5) is 0 Å². The molecule has 8 aliphatic rings. The van der Waals surface area contributed by atoms with E-state index in [0.29, 0.717) is 74.1 Å². The van der Waals surface area contributed by atoms with Crippen LogP contribution < -0.4 is 0 Å². The van der Waals surface area contributed by atoms with Crippen LogP contribution in [0.1, 0.15) is 70.6 Å². The van der Waals surface area contributed by atoms with Crippen molar-refractivity contribution in [2.45, 2.75) is 132 Å². The summed E-state index contributed by atoms with van der Waals surface area (Å²) < 4.78 is 33.5. The first-order valence-electron chi connectivity index (χ1n) is 13.7. The van der Waals surface area contributed by atoms with E-state index in [1.54, 1.807) is 0 Å². The minimum Gasteiger partial charge on any atom is -0.481 e. The number of hydrogen-bond donors (Lipinski definition) is 1. The minimum absolute atomic E-state index is 0.239. The fraction of sp³-hybridized carbons (Fsp3) is 0.962. The Labute approximate surface area is 200 Å². The smallest absolute Gasteiger partial charge is 0.309 e. The van der Waals surface area contributed by atoms with E-state index < -0.39 is 11.4 Å². The predicted octanol–water partition coefficient (Wildman–Crippen LogP) is 2.85. The lowest BCUT2D eigenvalue weighted by Crippen LogP contribution is -2.38. The third-order valence-electron chi connectivity index (χ3n) is 9.63. The lowest BCUT2D eigenvalue weighted by Gasteiger charge is -2.35. The van der Waals surface area contributed by atoms with Gasteiger partial charge in [0.2, 0.25) is 0 Å². The summed E-state index contributed by atoms with van der Waals surface area (Å²) in [5.74, 6) is -0.0598. The van der Waals surface area contributed by atoms with Crippen molar-refractivity contribution in [1.82, 2.24) is 0 Å². The molecule has 12 atom stereocenters. The van der Waals surface area contributed by atoms with Crippen molar-refractivity contribution in [1.29, 1.82) is 0 Å². The Morgan fingerprint density at radius 2 is 1.35 bits per heavy atom. The molecule has 0 spiro atoms. The van der Waals surface area contributed by atoms with Crippen LogP contribution >= 0.6 is 0 Å². The Bertz CT molecular complexity index is 763. The maximum Gasteiger partial charge on any atom is 0.309 e. The van der Waals surface area contributed by atoms with E-state index in [9.17, 15) is 9.90 Å². The zero-order valence-corrected chi connectivity index (χ0v) is 19.8. The van der Waals surface area contributed by atoms with E-state index in [4.69, 9.17) is 28.4 Å². The number of carboxylic acid groups (broad SMARTS) is 1. The summed E-state index contributed by atoms with van der Waals surface area (Å²) in [6.07, 6.45) is 15.4. The molecule has 8 nitrogen and oxygen atoms in total. The van der Waals surface area contributed by atoms with Gasteiger partial charge in [-0.1, -0.05) is 0 Å². The molecule has 0 bridgehead atoms. The van der Waals surface area contributed by atoms with Gasteiger partial charge in [0, 0.05) is 0 Å². The SMILES string of the molecule is C(COC1CCC2OC12)OC1CCC2OC12.O=C(O)C1(CC2CCC3OC3C2)CCC2OC2C1. The van der Waals surface area contributed by atoms with E-state index >= 15 is 0 Å². The van der Waals surface area contributed by atoms with Crippen LogP contribution in [0.5, 0.6) is 0 Å². The van der Waals surface area contributed by atoms with Crippen LogP contribution in [0.25, 0.3) is 0 Å². The molecule has 190 valence electrons. The summed E-state index contributed by atoms with van der Waals surface area (Å²) in [4.78, 5) is 11.7. The number of ether oxygens (including phenoxy) is 6. The fourth-order valence-electron chi connectivity index (χ4n) is 7.38. The molecule has 1 N–H and O–H groups in total. The summed E-state index contributed by atoms with van der Waals surface area (Å²) in [5.41, 5.74) is -0.510. The number of carbonyl (C=O) groups is 1. The van der Waals surface area contributed by atoms with Crippen molar-refractivity contribution in [3.63, 3.8) is 0 Å². The third-order valence-corrected chi connectivity index (χ3v) is 9.63. The second-order valence-corrected chi connectivity index (χ2v) is 11.9. The lowest BCUT2D eigenvalue weighted by molar-refractivity contribution is -0.152. The van der Waals surface area contributed by atoms with Gasteiger partial charge in [-0.2, -0.15) is 0 Å². The Morgan fingerprint density at radius 3 is 1.88 bits per heavy atom. The van der Waals surface area contributed by atoms with Gasteiger partial charge in [-0.25, -0.2) is 0 Å². The molecule has 12 unspecified atom stereocenters. The second-order valence-electron chi connectivity index (χ2n) is 11.9. The number of hydrogen-bond acceptors (Lipinski definition) is 7. The van der Waals surface area contributed by atoms with Gasteiger partial charge in [-0.3, -0.25) is 4.79 Å². The van der Waals surface area contributed by atoms with Crippen LogP contribution in [0.3, 0.4) is 0 Å². The molecule has 0 radical (unpaired) electrons. The molecule has 4 aliphatic carbocycles. The molecule has 4 heterocycles. The highest BCUT2D eigenvalue weighted by molar-refractivity contribution is 5.75. The summed E-state index contributed by atoms with van der Waals surface area (Å²) in [5, 5.41) is 9.65. The number of epoxide rings is 4. The monoisotopic (exact) mass is 478 g/mol. The Kier molecular flexibility index (Phi) is 5.72. The van der Waals surface area contributed by atoms with E-state index in [0.717, 1.165) is 57.8 Å². The van der Waals surface area contributed by atoms with E-state index in [1.807, 2.05) is 0 Å². The summed E-state index contributed by atoms with van der Waals surface area (Å²) in [7, 11) is 0. The number of carboxylic acids is 1. The predicted molar refractivity (Wildman–Crippen MR) is 118 cm³/mol. The van der Waals surface area contributed by atoms with E-state index in [1.165, 1.54) is 12.8 Å². The highest BCUT2D eigenvalue weighted by Gasteiger charge is 2.56. The Balaban J connectivity index is 0.000000118. The number of rotatable bonds is 8. The normalized spacial score (nSPS) is 52.9. The van der Waals surface area contributed by atoms with Gasteiger partial charge in [0.15, 0.2) is 0 Å². The fourth-order valence-corrected chi connectivity index (χ4v) is 7.38. The molecule has 8 heteroatoms. The first-order valence-corrected chi connectivity index (χ1v) is 13.7. The molecule has 0 aromatic rings. The highest BCUT2D eigenvalue weighted by atomic mass is 16.6. The quantitative estimate of drug-likeness (QED) is 0.419. The van der Waals surface area contributed by atoms with Gasteiger partial charge in [-0.15, -0.1) is 0 Å². The Morgan fingerprint density at radius 1 is 0.735 bits per heavy atom. The molecule has 8 rings (SSSR count). The topological polar surface area (TPSA) is 106 Å². The lowest BCUT2D eigenvalue weighted by atomic mass is 9.67. The second kappa shape index (κ2) is 8.67. The molecule has 4 saturated heterocycles. The highest BCUT2D eigenvalue weighted by Crippen LogP contribution is 2.52. The van der Waals surface area contributed by atoms with Crippen molar-refractivity contribution in [2.24, 2.45) is 11.3 Å². The average molecular weight is 479 g/mol. The minimum atomic E-state index is -0.602. The van der Waals surface area contributed by atoms with Gasteiger partial charge in [-0.05, 0) is 76.5 Å². The van der Waals surface area contributed by atoms with Crippen molar-refractivity contribution in [3.05, 3.63) is 0 Å². The first kappa shape index (κ1) is 22.4. The molecule has 4 aliphatic heterocycles. The van der Waals surface area contributed by atoms with E-state index in [2.05, 4.69) is 0 Å². The third kappa shape index (κ3) is 4.55. The molecule has 0 amide bonds.